The lowest BCUT2D eigenvalue weighted by Gasteiger charge is -2.15. The lowest BCUT2D eigenvalue weighted by Crippen LogP contribution is -2.23. The molecule has 6 heteroatoms. The lowest BCUT2D eigenvalue weighted by atomic mass is 10.1. The molecule has 0 bridgehead atoms. The summed E-state index contributed by atoms with van der Waals surface area (Å²) in [7, 11) is 1.58. The van der Waals surface area contributed by atoms with E-state index in [0.717, 1.165) is 0 Å². The number of nitrogens with two attached hydrogens (primary N) is 1. The van der Waals surface area contributed by atoms with Crippen molar-refractivity contribution >= 4 is 0 Å². The summed E-state index contributed by atoms with van der Waals surface area (Å²) in [6.07, 6.45) is -3.75. The maximum absolute atomic E-state index is 12.1. The highest BCUT2D eigenvalue weighted by Crippen LogP contribution is 2.28. The van der Waals surface area contributed by atoms with E-state index in [0.29, 0.717) is 11.3 Å². The Morgan fingerprint density at radius 3 is 2.50 bits per heavy atom. The average Bonchev–Trinajstić information content (AvgIpc) is 2.27. The minimum absolute atomic E-state index is 0.433. The fourth-order valence-electron chi connectivity index (χ4n) is 1.44. The highest BCUT2D eigenvalue weighted by atomic mass is 19.4. The minimum atomic E-state index is -4.24. The van der Waals surface area contributed by atoms with Gasteiger partial charge in [-0.15, -0.1) is 0 Å². The monoisotopic (exact) mass is 207 g/mol. The Labute approximate surface area is 79.7 Å². The number of aryl methyl sites for hydroxylation is 2. The molecule has 2 N–H and O–H groups in total. The maximum atomic E-state index is 12.1. The molecule has 1 heterocycles. The maximum Gasteiger partial charge on any atom is 0.390 e. The zero-order valence-corrected chi connectivity index (χ0v) is 7.97. The van der Waals surface area contributed by atoms with Crippen LogP contribution in [0.5, 0.6) is 0 Å². The van der Waals surface area contributed by atoms with E-state index >= 15 is 0 Å². The second-order valence-corrected chi connectivity index (χ2v) is 3.26. The summed E-state index contributed by atoms with van der Waals surface area (Å²) >= 11 is 0. The number of hydrogen-bond acceptors (Lipinski definition) is 2. The second-order valence-electron chi connectivity index (χ2n) is 3.26. The summed E-state index contributed by atoms with van der Waals surface area (Å²) < 4.78 is 37.5. The normalized spacial score (nSPS) is 14.4. The smallest absolute Gasteiger partial charge is 0.322 e. The highest BCUT2D eigenvalue weighted by molar-refractivity contribution is 5.19. The van der Waals surface area contributed by atoms with Crippen LogP contribution < -0.4 is 5.73 Å². The number of rotatable bonds is 2. The summed E-state index contributed by atoms with van der Waals surface area (Å²) in [5.41, 5.74) is 6.56. The Morgan fingerprint density at radius 2 is 2.14 bits per heavy atom. The first-order valence-electron chi connectivity index (χ1n) is 4.12. The summed E-state index contributed by atoms with van der Waals surface area (Å²) in [4.78, 5) is 0. The predicted molar refractivity (Wildman–Crippen MR) is 45.5 cm³/mol. The first kappa shape index (κ1) is 11.0. The molecular formula is C8H12F3N3. The molecule has 0 spiro atoms. The molecule has 0 radical (unpaired) electrons. The molecule has 1 aromatic heterocycles. The summed E-state index contributed by atoms with van der Waals surface area (Å²) in [5, 5.41) is 3.84. The lowest BCUT2D eigenvalue weighted by molar-refractivity contribution is -0.138. The van der Waals surface area contributed by atoms with Crippen LogP contribution in [-0.2, 0) is 7.05 Å². The van der Waals surface area contributed by atoms with Crippen molar-refractivity contribution in [2.24, 2.45) is 12.8 Å². The molecule has 0 aliphatic carbocycles. The van der Waals surface area contributed by atoms with Crippen LogP contribution in [0.3, 0.4) is 0 Å². The van der Waals surface area contributed by atoms with Gasteiger partial charge in [0, 0.05) is 7.05 Å². The fraction of sp³-hybridized carbons (Fsp3) is 0.625. The summed E-state index contributed by atoms with van der Waals surface area (Å²) in [6, 6.07) is -1.04. The molecule has 0 aliphatic rings. The predicted octanol–water partition coefficient (Wildman–Crippen LogP) is 1.68. The zero-order chi connectivity index (χ0) is 10.9. The van der Waals surface area contributed by atoms with Gasteiger partial charge in [0.2, 0.25) is 0 Å². The highest BCUT2D eigenvalue weighted by Gasteiger charge is 2.32. The first-order chi connectivity index (χ1) is 6.31. The quantitative estimate of drug-likeness (QED) is 0.801. The number of alkyl halides is 3. The molecule has 3 nitrogen and oxygen atoms in total. The van der Waals surface area contributed by atoms with E-state index < -0.39 is 18.6 Å². The van der Waals surface area contributed by atoms with Crippen molar-refractivity contribution < 1.29 is 13.2 Å². The van der Waals surface area contributed by atoms with E-state index in [9.17, 15) is 13.2 Å². The molecule has 1 atom stereocenters. The van der Waals surface area contributed by atoms with Crippen molar-refractivity contribution in [3.05, 3.63) is 17.5 Å². The molecule has 1 rings (SSSR count). The molecule has 0 unspecified atom stereocenters. The molecule has 0 fully saturated rings. The van der Waals surface area contributed by atoms with Gasteiger partial charge in [0.1, 0.15) is 0 Å². The third kappa shape index (κ3) is 2.47. The van der Waals surface area contributed by atoms with Crippen LogP contribution in [0.4, 0.5) is 13.2 Å². The van der Waals surface area contributed by atoms with Crippen molar-refractivity contribution in [1.82, 2.24) is 9.78 Å². The Balaban J connectivity index is 2.84. The van der Waals surface area contributed by atoms with Gasteiger partial charge in [0.05, 0.1) is 24.4 Å². The van der Waals surface area contributed by atoms with Gasteiger partial charge in [0.15, 0.2) is 0 Å². The summed E-state index contributed by atoms with van der Waals surface area (Å²) in [6.45, 7) is 1.69. The van der Waals surface area contributed by atoms with Gasteiger partial charge in [0.25, 0.3) is 0 Å². The standard InChI is InChI=1S/C8H12F3N3/c1-5-4-13-14(2)7(5)6(12)3-8(9,10)11/h4,6H,3,12H2,1-2H3/t6-/m0/s1. The average molecular weight is 207 g/mol. The minimum Gasteiger partial charge on any atom is -0.322 e. The largest absolute Gasteiger partial charge is 0.390 e. The number of halogens is 3. The van der Waals surface area contributed by atoms with Gasteiger partial charge in [-0.3, -0.25) is 4.68 Å². The van der Waals surface area contributed by atoms with Crippen molar-refractivity contribution in [2.45, 2.75) is 25.6 Å². The van der Waals surface area contributed by atoms with Gasteiger partial charge in [-0.05, 0) is 12.5 Å². The molecule has 1 aromatic rings. The van der Waals surface area contributed by atoms with Crippen molar-refractivity contribution in [3.8, 4) is 0 Å². The molecule has 0 aliphatic heterocycles. The Hall–Kier alpha value is -1.04. The van der Waals surface area contributed by atoms with E-state index in [2.05, 4.69) is 5.10 Å². The number of nitrogens with zero attached hydrogens (tertiary/aromatic N) is 2. The van der Waals surface area contributed by atoms with Gasteiger partial charge in [-0.25, -0.2) is 0 Å². The topological polar surface area (TPSA) is 43.8 Å². The van der Waals surface area contributed by atoms with E-state index in [-0.39, 0.29) is 0 Å². The SMILES string of the molecule is Cc1cnn(C)c1[C@@H](N)CC(F)(F)F. The van der Waals surface area contributed by atoms with Crippen LogP contribution in [0.25, 0.3) is 0 Å². The first-order valence-corrected chi connectivity index (χ1v) is 4.12. The van der Waals surface area contributed by atoms with Crippen molar-refractivity contribution in [3.63, 3.8) is 0 Å². The van der Waals surface area contributed by atoms with Gasteiger partial charge >= 0.3 is 6.18 Å². The number of aromatic nitrogens is 2. The summed E-state index contributed by atoms with van der Waals surface area (Å²) in [5.74, 6) is 0. The Kier molecular flexibility index (Phi) is 2.84. The molecular weight excluding hydrogens is 195 g/mol. The second kappa shape index (κ2) is 3.61. The van der Waals surface area contributed by atoms with E-state index in [1.165, 1.54) is 10.9 Å². The van der Waals surface area contributed by atoms with E-state index in [1.54, 1.807) is 14.0 Å². The zero-order valence-electron chi connectivity index (χ0n) is 7.97. The molecule has 14 heavy (non-hydrogen) atoms. The molecule has 0 amide bonds. The van der Waals surface area contributed by atoms with Gasteiger partial charge < -0.3 is 5.73 Å². The van der Waals surface area contributed by atoms with Crippen LogP contribution in [0.1, 0.15) is 23.7 Å². The molecule has 0 saturated carbocycles. The third-order valence-electron chi connectivity index (χ3n) is 1.98. The van der Waals surface area contributed by atoms with Crippen LogP contribution >= 0.6 is 0 Å². The van der Waals surface area contributed by atoms with Gasteiger partial charge in [-0.1, -0.05) is 0 Å². The Morgan fingerprint density at radius 1 is 1.57 bits per heavy atom. The van der Waals surface area contributed by atoms with E-state index in [4.69, 9.17) is 5.73 Å². The van der Waals surface area contributed by atoms with Gasteiger partial charge in [-0.2, -0.15) is 18.3 Å². The van der Waals surface area contributed by atoms with Crippen LogP contribution in [0, 0.1) is 6.92 Å². The molecule has 80 valence electrons. The Bertz CT molecular complexity index is 297. The van der Waals surface area contributed by atoms with Crippen LogP contribution in [0.2, 0.25) is 0 Å². The molecule has 0 aromatic carbocycles. The fourth-order valence-corrected chi connectivity index (χ4v) is 1.44. The third-order valence-corrected chi connectivity index (χ3v) is 1.98. The van der Waals surface area contributed by atoms with E-state index in [1.807, 2.05) is 0 Å². The van der Waals surface area contributed by atoms with Crippen molar-refractivity contribution in [2.75, 3.05) is 0 Å². The number of hydrogen-bond donors (Lipinski definition) is 1. The van der Waals surface area contributed by atoms with Crippen LogP contribution in [0.15, 0.2) is 6.20 Å². The van der Waals surface area contributed by atoms with Crippen LogP contribution in [-0.4, -0.2) is 16.0 Å². The molecule has 0 saturated heterocycles. The van der Waals surface area contributed by atoms with Crippen molar-refractivity contribution in [1.29, 1.82) is 0 Å².